The second-order valence-electron chi connectivity index (χ2n) is 4.16. The molecule has 2 aromatic carbocycles. The van der Waals surface area contributed by atoms with E-state index in [9.17, 15) is 13.2 Å². The smallest absolute Gasteiger partial charge is 0.308 e. The minimum atomic E-state index is -3.81. The number of hydrogen-bond acceptors (Lipinski definition) is 3. The van der Waals surface area contributed by atoms with Crippen molar-refractivity contribution < 1.29 is 13.2 Å². The molecule has 0 unspecified atom stereocenters. The Morgan fingerprint density at radius 2 is 1.57 bits per heavy atom. The minimum absolute atomic E-state index is 0.0805. The van der Waals surface area contributed by atoms with Gasteiger partial charge in [0.05, 0.1) is 4.90 Å². The van der Waals surface area contributed by atoms with Crippen LogP contribution in [0.1, 0.15) is 0 Å². The molecule has 0 saturated heterocycles. The van der Waals surface area contributed by atoms with Crippen LogP contribution in [-0.2, 0) is 10.0 Å². The predicted molar refractivity (Wildman–Crippen MR) is 81.9 cm³/mol. The first-order chi connectivity index (χ1) is 9.84. The van der Waals surface area contributed by atoms with E-state index in [1.807, 2.05) is 0 Å². The molecular weight excluding hydrogens is 314 g/mol. The highest BCUT2D eigenvalue weighted by Gasteiger charge is 2.09. The molecule has 2 amide bonds. The third-order valence-corrected chi connectivity index (χ3v) is 3.65. The molecule has 0 fully saturated rings. The Morgan fingerprint density at radius 1 is 1.00 bits per heavy atom. The van der Waals surface area contributed by atoms with Gasteiger partial charge in [-0.2, -0.15) is 0 Å². The number of benzene rings is 2. The lowest BCUT2D eigenvalue weighted by atomic mass is 10.3. The van der Waals surface area contributed by atoms with Gasteiger partial charge >= 0.3 is 6.03 Å². The molecule has 0 aromatic heterocycles. The largest absolute Gasteiger partial charge is 0.323 e. The zero-order valence-electron chi connectivity index (χ0n) is 10.7. The van der Waals surface area contributed by atoms with Crippen molar-refractivity contribution in [3.63, 3.8) is 0 Å². The summed E-state index contributed by atoms with van der Waals surface area (Å²) in [4.78, 5) is 11.7. The molecule has 0 atom stereocenters. The zero-order chi connectivity index (χ0) is 15.5. The Hall–Kier alpha value is -2.09. The highest BCUT2D eigenvalue weighted by atomic mass is 35.5. The Labute approximate surface area is 127 Å². The summed E-state index contributed by atoms with van der Waals surface area (Å²) in [7, 11) is -3.81. The molecule has 6 nitrogen and oxygen atoms in total. The van der Waals surface area contributed by atoms with Crippen LogP contribution in [0.5, 0.6) is 0 Å². The molecular formula is C13H12ClN3O3S. The normalized spacial score (nSPS) is 11.0. The summed E-state index contributed by atoms with van der Waals surface area (Å²) >= 11 is 5.81. The molecule has 0 spiro atoms. The molecule has 0 heterocycles. The highest BCUT2D eigenvalue weighted by Crippen LogP contribution is 2.17. The van der Waals surface area contributed by atoms with Gasteiger partial charge in [0.2, 0.25) is 10.0 Å². The van der Waals surface area contributed by atoms with Gasteiger partial charge in [-0.3, -0.25) is 0 Å². The number of primary sulfonamides is 1. The molecule has 4 N–H and O–H groups in total. The number of nitrogens with two attached hydrogens (primary N) is 1. The van der Waals surface area contributed by atoms with E-state index in [1.165, 1.54) is 18.2 Å². The molecule has 0 aliphatic rings. The van der Waals surface area contributed by atoms with Crippen LogP contribution in [-0.4, -0.2) is 14.4 Å². The second-order valence-corrected chi connectivity index (χ2v) is 6.16. The average molecular weight is 326 g/mol. The lowest BCUT2D eigenvalue weighted by molar-refractivity contribution is 0.262. The zero-order valence-corrected chi connectivity index (χ0v) is 12.3. The predicted octanol–water partition coefficient (Wildman–Crippen LogP) is 2.63. The van der Waals surface area contributed by atoms with Gasteiger partial charge in [-0.25, -0.2) is 18.4 Å². The monoisotopic (exact) mass is 325 g/mol. The van der Waals surface area contributed by atoms with Gasteiger partial charge in [-0.15, -0.1) is 0 Å². The fraction of sp³-hybridized carbons (Fsp3) is 0. The van der Waals surface area contributed by atoms with Crippen molar-refractivity contribution in [3.8, 4) is 0 Å². The maximum atomic E-state index is 11.8. The van der Waals surface area contributed by atoms with E-state index in [-0.39, 0.29) is 4.90 Å². The van der Waals surface area contributed by atoms with Crippen LogP contribution in [0.3, 0.4) is 0 Å². The first-order valence-electron chi connectivity index (χ1n) is 5.81. The van der Waals surface area contributed by atoms with Gasteiger partial charge in [-0.05, 0) is 36.4 Å². The van der Waals surface area contributed by atoms with Gasteiger partial charge in [0.1, 0.15) is 0 Å². The number of hydrogen-bond donors (Lipinski definition) is 3. The molecule has 0 bridgehead atoms. The average Bonchev–Trinajstić information content (AvgIpc) is 2.37. The van der Waals surface area contributed by atoms with E-state index in [1.54, 1.807) is 30.3 Å². The number of rotatable bonds is 3. The summed E-state index contributed by atoms with van der Waals surface area (Å²) in [5, 5.41) is 10.6. The summed E-state index contributed by atoms with van der Waals surface area (Å²) in [6.07, 6.45) is 0. The molecule has 21 heavy (non-hydrogen) atoms. The van der Waals surface area contributed by atoms with Crippen molar-refractivity contribution in [2.45, 2.75) is 4.90 Å². The Bertz CT molecular complexity index is 778. The lowest BCUT2D eigenvalue weighted by Gasteiger charge is -2.08. The number of sulfonamides is 1. The van der Waals surface area contributed by atoms with Gasteiger partial charge in [-0.1, -0.05) is 23.7 Å². The summed E-state index contributed by atoms with van der Waals surface area (Å²) in [5.41, 5.74) is 0.823. The summed E-state index contributed by atoms with van der Waals surface area (Å²) in [5.74, 6) is 0. The van der Waals surface area contributed by atoms with Crippen molar-refractivity contribution in [2.24, 2.45) is 5.14 Å². The van der Waals surface area contributed by atoms with Crippen LogP contribution in [0, 0.1) is 0 Å². The summed E-state index contributed by atoms with van der Waals surface area (Å²) in [6, 6.07) is 11.8. The third-order valence-electron chi connectivity index (χ3n) is 2.50. The van der Waals surface area contributed by atoms with Crippen molar-refractivity contribution in [2.75, 3.05) is 10.6 Å². The number of halogens is 1. The van der Waals surface area contributed by atoms with Crippen molar-refractivity contribution in [3.05, 3.63) is 53.6 Å². The molecule has 0 radical (unpaired) electrons. The van der Waals surface area contributed by atoms with Gasteiger partial charge in [0.25, 0.3) is 0 Å². The lowest BCUT2D eigenvalue weighted by Crippen LogP contribution is -2.20. The number of urea groups is 1. The Morgan fingerprint density at radius 3 is 2.14 bits per heavy atom. The number of amides is 2. The van der Waals surface area contributed by atoms with E-state index in [2.05, 4.69) is 10.6 Å². The second kappa shape index (κ2) is 6.13. The van der Waals surface area contributed by atoms with E-state index in [4.69, 9.17) is 16.7 Å². The molecule has 0 aliphatic carbocycles. The van der Waals surface area contributed by atoms with E-state index >= 15 is 0 Å². The fourth-order valence-electron chi connectivity index (χ4n) is 1.61. The van der Waals surface area contributed by atoms with Crippen LogP contribution in [0.15, 0.2) is 53.4 Å². The Kier molecular flexibility index (Phi) is 4.46. The molecule has 0 aliphatic heterocycles. The number of carbonyl (C=O) groups is 1. The number of anilines is 2. The molecule has 0 saturated carbocycles. The van der Waals surface area contributed by atoms with Gasteiger partial charge in [0, 0.05) is 16.4 Å². The van der Waals surface area contributed by atoms with Crippen LogP contribution >= 0.6 is 11.6 Å². The van der Waals surface area contributed by atoms with Crippen molar-refractivity contribution >= 4 is 39.0 Å². The van der Waals surface area contributed by atoms with E-state index in [0.717, 1.165) is 0 Å². The van der Waals surface area contributed by atoms with E-state index < -0.39 is 16.1 Å². The Balaban J connectivity index is 2.10. The van der Waals surface area contributed by atoms with Crippen LogP contribution in [0.4, 0.5) is 16.2 Å². The summed E-state index contributed by atoms with van der Waals surface area (Å²) < 4.78 is 22.5. The maximum absolute atomic E-state index is 11.8. The topological polar surface area (TPSA) is 101 Å². The van der Waals surface area contributed by atoms with E-state index in [0.29, 0.717) is 16.4 Å². The molecule has 110 valence electrons. The quantitative estimate of drug-likeness (QED) is 0.808. The number of carbonyl (C=O) groups excluding carboxylic acids is 1. The highest BCUT2D eigenvalue weighted by molar-refractivity contribution is 7.89. The van der Waals surface area contributed by atoms with Crippen LogP contribution < -0.4 is 15.8 Å². The fourth-order valence-corrected chi connectivity index (χ4v) is 2.36. The SMILES string of the molecule is NS(=O)(=O)c1cccc(NC(=O)Nc2cccc(Cl)c2)c1. The number of nitrogens with one attached hydrogen (secondary N) is 2. The standard InChI is InChI=1S/C13H12ClN3O3S/c14-9-3-1-4-10(7-9)16-13(18)17-11-5-2-6-12(8-11)21(15,19)20/h1-8H,(H2,15,19,20)(H2,16,17,18). The van der Waals surface area contributed by atoms with Gasteiger partial charge in [0.15, 0.2) is 0 Å². The van der Waals surface area contributed by atoms with Crippen LogP contribution in [0.2, 0.25) is 5.02 Å². The molecule has 2 aromatic rings. The maximum Gasteiger partial charge on any atom is 0.323 e. The molecule has 8 heteroatoms. The summed E-state index contributed by atoms with van der Waals surface area (Å²) in [6.45, 7) is 0. The third kappa shape index (κ3) is 4.45. The van der Waals surface area contributed by atoms with Crippen molar-refractivity contribution in [1.82, 2.24) is 0 Å². The first kappa shape index (κ1) is 15.3. The van der Waals surface area contributed by atoms with Crippen molar-refractivity contribution in [1.29, 1.82) is 0 Å². The molecule has 2 rings (SSSR count). The first-order valence-corrected chi connectivity index (χ1v) is 7.73. The minimum Gasteiger partial charge on any atom is -0.308 e. The van der Waals surface area contributed by atoms with Gasteiger partial charge < -0.3 is 10.6 Å². The van der Waals surface area contributed by atoms with Crippen LogP contribution in [0.25, 0.3) is 0 Å².